The maximum absolute atomic E-state index is 12.0. The van der Waals surface area contributed by atoms with Crippen LogP contribution in [0.2, 0.25) is 0 Å². The normalized spacial score (nSPS) is 11.8. The van der Waals surface area contributed by atoms with E-state index in [0.29, 0.717) is 17.3 Å². The lowest BCUT2D eigenvalue weighted by Crippen LogP contribution is -2.32. The Hall–Kier alpha value is -1.88. The van der Waals surface area contributed by atoms with E-state index in [2.05, 4.69) is 10.3 Å². The number of anilines is 1. The van der Waals surface area contributed by atoms with Gasteiger partial charge >= 0.3 is 0 Å². The molecule has 18 heavy (non-hydrogen) atoms. The van der Waals surface area contributed by atoms with E-state index in [1.54, 1.807) is 6.20 Å². The third-order valence-electron chi connectivity index (χ3n) is 2.35. The zero-order chi connectivity index (χ0) is 12.8. The number of hydrogen-bond acceptors (Lipinski definition) is 4. The number of rotatable bonds is 5. The van der Waals surface area contributed by atoms with E-state index in [4.69, 9.17) is 4.74 Å². The van der Waals surface area contributed by atoms with E-state index in [0.717, 1.165) is 0 Å². The summed E-state index contributed by atoms with van der Waals surface area (Å²) in [6, 6.07) is 9.32. The molecule has 2 rings (SSSR count). The highest BCUT2D eigenvalue weighted by Crippen LogP contribution is 2.15. The van der Waals surface area contributed by atoms with Gasteiger partial charge in [0.2, 0.25) is 0 Å². The molecule has 1 unspecified atom stereocenters. The third-order valence-corrected chi connectivity index (χ3v) is 3.04. The number of ether oxygens (including phenoxy) is 1. The molecule has 0 saturated carbocycles. The molecule has 0 radical (unpaired) electrons. The van der Waals surface area contributed by atoms with Crippen molar-refractivity contribution in [3.8, 4) is 5.75 Å². The highest BCUT2D eigenvalue weighted by Gasteiger charge is 2.19. The molecule has 1 aromatic heterocycles. The van der Waals surface area contributed by atoms with E-state index in [1.807, 2.05) is 42.6 Å². The van der Waals surface area contributed by atoms with Gasteiger partial charge < -0.3 is 4.74 Å². The molecule has 1 heterocycles. The summed E-state index contributed by atoms with van der Waals surface area (Å²) in [5.74, 6) is 0.523. The molecule has 0 spiro atoms. The summed E-state index contributed by atoms with van der Waals surface area (Å²) in [5, 5.41) is 5.14. The summed E-state index contributed by atoms with van der Waals surface area (Å²) in [5.41, 5.74) is 0. The first-order valence-electron chi connectivity index (χ1n) is 5.71. The maximum atomic E-state index is 12.0. The first-order chi connectivity index (χ1) is 8.79. The summed E-state index contributed by atoms with van der Waals surface area (Å²) < 4.78 is 5.64. The fraction of sp³-hybridized carbons (Fsp3) is 0.231. The van der Waals surface area contributed by atoms with Gasteiger partial charge in [0.25, 0.3) is 5.91 Å². The van der Waals surface area contributed by atoms with Crippen molar-refractivity contribution in [3.05, 3.63) is 41.9 Å². The van der Waals surface area contributed by atoms with Crippen LogP contribution in [0.3, 0.4) is 0 Å². The van der Waals surface area contributed by atoms with Crippen LogP contribution in [0.4, 0.5) is 5.13 Å². The second-order valence-corrected chi connectivity index (χ2v) is 4.55. The van der Waals surface area contributed by atoms with Gasteiger partial charge in [0.1, 0.15) is 5.75 Å². The summed E-state index contributed by atoms with van der Waals surface area (Å²) in [4.78, 5) is 16.0. The third kappa shape index (κ3) is 3.30. The van der Waals surface area contributed by atoms with Crippen molar-refractivity contribution < 1.29 is 9.53 Å². The Bertz CT molecular complexity index is 485. The number of amides is 1. The Morgan fingerprint density at radius 2 is 2.22 bits per heavy atom. The Balaban J connectivity index is 1.98. The lowest BCUT2D eigenvalue weighted by molar-refractivity contribution is -0.122. The molecule has 0 bridgehead atoms. The van der Waals surface area contributed by atoms with Crippen LogP contribution < -0.4 is 10.1 Å². The van der Waals surface area contributed by atoms with Gasteiger partial charge in [-0.1, -0.05) is 25.1 Å². The predicted molar refractivity (Wildman–Crippen MR) is 71.9 cm³/mol. The molecule has 0 aliphatic rings. The zero-order valence-electron chi connectivity index (χ0n) is 10.00. The predicted octanol–water partition coefficient (Wildman–Crippen LogP) is 2.94. The minimum absolute atomic E-state index is 0.170. The summed E-state index contributed by atoms with van der Waals surface area (Å²) >= 11 is 1.39. The van der Waals surface area contributed by atoms with Crippen LogP contribution in [-0.4, -0.2) is 17.0 Å². The second kappa shape index (κ2) is 6.16. The van der Waals surface area contributed by atoms with Gasteiger partial charge in [-0.05, 0) is 18.6 Å². The maximum Gasteiger partial charge on any atom is 0.267 e. The number of nitrogens with one attached hydrogen (secondary N) is 1. The summed E-state index contributed by atoms with van der Waals surface area (Å²) in [6.45, 7) is 1.91. The fourth-order valence-electron chi connectivity index (χ4n) is 1.46. The Morgan fingerprint density at radius 3 is 2.83 bits per heavy atom. The minimum atomic E-state index is -0.503. The molecular weight excluding hydrogens is 248 g/mol. The number of para-hydroxylation sites is 1. The van der Waals surface area contributed by atoms with Crippen molar-refractivity contribution in [1.82, 2.24) is 4.98 Å². The Labute approximate surface area is 110 Å². The summed E-state index contributed by atoms with van der Waals surface area (Å²) in [7, 11) is 0. The van der Waals surface area contributed by atoms with E-state index in [9.17, 15) is 4.79 Å². The smallest absolute Gasteiger partial charge is 0.267 e. The molecule has 0 saturated heterocycles. The van der Waals surface area contributed by atoms with Crippen LogP contribution in [-0.2, 0) is 4.79 Å². The SMILES string of the molecule is CCC(Oc1ccccc1)C(=O)Nc1nccs1. The van der Waals surface area contributed by atoms with Gasteiger partial charge in [0, 0.05) is 11.6 Å². The molecule has 94 valence electrons. The van der Waals surface area contributed by atoms with Crippen molar-refractivity contribution in [3.63, 3.8) is 0 Å². The monoisotopic (exact) mass is 262 g/mol. The Kier molecular flexibility index (Phi) is 4.30. The van der Waals surface area contributed by atoms with E-state index >= 15 is 0 Å². The van der Waals surface area contributed by atoms with Crippen molar-refractivity contribution in [2.24, 2.45) is 0 Å². The quantitative estimate of drug-likeness (QED) is 0.901. The lowest BCUT2D eigenvalue weighted by Gasteiger charge is -2.16. The van der Waals surface area contributed by atoms with Crippen molar-refractivity contribution in [2.75, 3.05) is 5.32 Å². The molecule has 5 heteroatoms. The van der Waals surface area contributed by atoms with E-state index < -0.39 is 6.10 Å². The fourth-order valence-corrected chi connectivity index (χ4v) is 1.99. The minimum Gasteiger partial charge on any atom is -0.481 e. The molecule has 1 aromatic carbocycles. The van der Waals surface area contributed by atoms with Crippen molar-refractivity contribution >= 4 is 22.4 Å². The average molecular weight is 262 g/mol. The molecule has 1 atom stereocenters. The highest BCUT2D eigenvalue weighted by molar-refractivity contribution is 7.13. The van der Waals surface area contributed by atoms with Gasteiger partial charge in [0.15, 0.2) is 11.2 Å². The van der Waals surface area contributed by atoms with Gasteiger partial charge in [-0.25, -0.2) is 4.98 Å². The van der Waals surface area contributed by atoms with Gasteiger partial charge in [-0.15, -0.1) is 11.3 Å². The van der Waals surface area contributed by atoms with Crippen LogP contribution in [0.5, 0.6) is 5.75 Å². The van der Waals surface area contributed by atoms with Gasteiger partial charge in [0.05, 0.1) is 0 Å². The van der Waals surface area contributed by atoms with Crippen molar-refractivity contribution in [1.29, 1.82) is 0 Å². The van der Waals surface area contributed by atoms with Crippen LogP contribution in [0.1, 0.15) is 13.3 Å². The van der Waals surface area contributed by atoms with Crippen LogP contribution >= 0.6 is 11.3 Å². The molecule has 2 aromatic rings. The average Bonchev–Trinajstić information content (AvgIpc) is 2.90. The summed E-state index contributed by atoms with van der Waals surface area (Å²) in [6.07, 6.45) is 1.75. The van der Waals surface area contributed by atoms with E-state index in [1.165, 1.54) is 11.3 Å². The van der Waals surface area contributed by atoms with Crippen LogP contribution in [0.25, 0.3) is 0 Å². The van der Waals surface area contributed by atoms with Gasteiger partial charge in [-0.2, -0.15) is 0 Å². The first kappa shape index (κ1) is 12.6. The number of nitrogens with zero attached hydrogens (tertiary/aromatic N) is 1. The molecule has 1 amide bonds. The first-order valence-corrected chi connectivity index (χ1v) is 6.59. The van der Waals surface area contributed by atoms with E-state index in [-0.39, 0.29) is 5.91 Å². The number of aromatic nitrogens is 1. The number of carbonyl (C=O) groups excluding carboxylic acids is 1. The number of benzene rings is 1. The molecule has 4 nitrogen and oxygen atoms in total. The number of thiazole rings is 1. The Morgan fingerprint density at radius 1 is 1.44 bits per heavy atom. The number of hydrogen-bond donors (Lipinski definition) is 1. The largest absolute Gasteiger partial charge is 0.481 e. The standard InChI is InChI=1S/C13H14N2O2S/c1-2-11(17-10-6-4-3-5-7-10)12(16)15-13-14-8-9-18-13/h3-9,11H,2H2,1H3,(H,14,15,16). The topological polar surface area (TPSA) is 51.2 Å². The lowest BCUT2D eigenvalue weighted by atomic mass is 10.2. The second-order valence-electron chi connectivity index (χ2n) is 3.65. The molecular formula is C13H14N2O2S. The highest BCUT2D eigenvalue weighted by atomic mass is 32.1. The molecule has 0 aliphatic carbocycles. The molecule has 0 aliphatic heterocycles. The zero-order valence-corrected chi connectivity index (χ0v) is 10.8. The van der Waals surface area contributed by atoms with Crippen LogP contribution in [0, 0.1) is 0 Å². The van der Waals surface area contributed by atoms with Crippen molar-refractivity contribution in [2.45, 2.75) is 19.4 Å². The molecule has 1 N–H and O–H groups in total. The number of carbonyl (C=O) groups is 1. The van der Waals surface area contributed by atoms with Gasteiger partial charge in [-0.3, -0.25) is 10.1 Å². The molecule has 0 fully saturated rings. The van der Waals surface area contributed by atoms with Crippen LogP contribution in [0.15, 0.2) is 41.9 Å².